The number of rotatable bonds is 8. The van der Waals surface area contributed by atoms with Crippen LogP contribution in [0, 0.1) is 6.92 Å². The molecule has 1 aromatic heterocycles. The number of hydrogen-bond acceptors (Lipinski definition) is 5. The Bertz CT molecular complexity index is 898. The van der Waals surface area contributed by atoms with Gasteiger partial charge in [-0.3, -0.25) is 9.59 Å². The van der Waals surface area contributed by atoms with Gasteiger partial charge in [-0.05, 0) is 51.2 Å². The number of benzene rings is 1. The van der Waals surface area contributed by atoms with E-state index in [9.17, 15) is 14.7 Å². The number of ether oxygens (including phenoxy) is 1. The molecule has 0 amide bonds. The average molecular weight is 370 g/mol. The van der Waals surface area contributed by atoms with E-state index >= 15 is 0 Å². The molecular formula is C21H26N2O4. The second-order valence-electron chi connectivity index (χ2n) is 6.69. The van der Waals surface area contributed by atoms with Crippen LogP contribution in [-0.2, 0) is 7.05 Å². The van der Waals surface area contributed by atoms with Gasteiger partial charge in [-0.1, -0.05) is 18.2 Å². The van der Waals surface area contributed by atoms with Crippen molar-refractivity contribution >= 4 is 11.9 Å². The van der Waals surface area contributed by atoms with Gasteiger partial charge >= 0.3 is 0 Å². The van der Waals surface area contributed by atoms with E-state index in [-0.39, 0.29) is 11.3 Å². The lowest BCUT2D eigenvalue weighted by molar-refractivity contribution is 0.104. The summed E-state index contributed by atoms with van der Waals surface area (Å²) >= 11 is 0. The molecule has 0 saturated carbocycles. The Kier molecular flexibility index (Phi) is 6.96. The third-order valence-corrected chi connectivity index (χ3v) is 4.20. The van der Waals surface area contributed by atoms with E-state index in [1.807, 2.05) is 38.4 Å². The summed E-state index contributed by atoms with van der Waals surface area (Å²) in [5.74, 6) is -0.119. The molecule has 2 aromatic rings. The molecule has 1 N–H and O–H groups in total. The Morgan fingerprint density at radius 1 is 1.30 bits per heavy atom. The van der Waals surface area contributed by atoms with Crippen LogP contribution < -0.4 is 10.3 Å². The summed E-state index contributed by atoms with van der Waals surface area (Å²) in [7, 11) is 5.60. The second-order valence-corrected chi connectivity index (χ2v) is 6.69. The Labute approximate surface area is 159 Å². The summed E-state index contributed by atoms with van der Waals surface area (Å²) in [6.45, 7) is 3.25. The van der Waals surface area contributed by atoms with Crippen LogP contribution in [0.15, 0.2) is 41.2 Å². The first kappa shape index (κ1) is 20.5. The number of hydrogen-bond donors (Lipinski definition) is 1. The minimum absolute atomic E-state index is 0.226. The minimum Gasteiger partial charge on any atom is -0.507 e. The van der Waals surface area contributed by atoms with E-state index in [0.717, 1.165) is 24.3 Å². The normalized spacial score (nSPS) is 11.3. The van der Waals surface area contributed by atoms with Crippen molar-refractivity contribution in [1.29, 1.82) is 0 Å². The number of allylic oxidation sites excluding steroid dienone is 1. The highest BCUT2D eigenvalue weighted by atomic mass is 16.5. The summed E-state index contributed by atoms with van der Waals surface area (Å²) in [5, 5.41) is 9.98. The van der Waals surface area contributed by atoms with Gasteiger partial charge in [-0.2, -0.15) is 0 Å². The molecule has 0 unspecified atom stereocenters. The number of aromatic nitrogens is 1. The first-order chi connectivity index (χ1) is 12.8. The number of ketones is 1. The van der Waals surface area contributed by atoms with Gasteiger partial charge < -0.3 is 19.3 Å². The van der Waals surface area contributed by atoms with Crippen molar-refractivity contribution in [3.05, 3.63) is 63.6 Å². The summed E-state index contributed by atoms with van der Waals surface area (Å²) in [4.78, 5) is 26.7. The van der Waals surface area contributed by atoms with Gasteiger partial charge in [0.15, 0.2) is 5.78 Å². The molecule has 0 radical (unpaired) electrons. The van der Waals surface area contributed by atoms with Crippen LogP contribution in [0.25, 0.3) is 6.08 Å². The first-order valence-corrected chi connectivity index (χ1v) is 8.79. The van der Waals surface area contributed by atoms with Gasteiger partial charge in [-0.25, -0.2) is 0 Å². The lowest BCUT2D eigenvalue weighted by atomic mass is 10.1. The van der Waals surface area contributed by atoms with Crippen molar-refractivity contribution in [2.45, 2.75) is 13.3 Å². The molecule has 0 aliphatic heterocycles. The largest absolute Gasteiger partial charge is 0.507 e. The Hall–Kier alpha value is -2.86. The summed E-state index contributed by atoms with van der Waals surface area (Å²) in [6, 6.07) is 8.77. The molecule has 6 nitrogen and oxygen atoms in total. The minimum atomic E-state index is -0.537. The maximum Gasteiger partial charge on any atom is 0.265 e. The van der Waals surface area contributed by atoms with Gasteiger partial charge in [0.1, 0.15) is 17.1 Å². The molecule has 0 atom stereocenters. The van der Waals surface area contributed by atoms with Crippen LogP contribution in [0.3, 0.4) is 0 Å². The van der Waals surface area contributed by atoms with E-state index in [1.54, 1.807) is 20.0 Å². The highest BCUT2D eigenvalue weighted by molar-refractivity contribution is 6.08. The number of pyridine rings is 1. The molecule has 1 aromatic carbocycles. The molecule has 0 bridgehead atoms. The molecule has 27 heavy (non-hydrogen) atoms. The highest BCUT2D eigenvalue weighted by Crippen LogP contribution is 2.18. The summed E-state index contributed by atoms with van der Waals surface area (Å²) in [5.41, 5.74) is 0.615. The van der Waals surface area contributed by atoms with E-state index in [1.165, 1.54) is 16.7 Å². The van der Waals surface area contributed by atoms with Crippen molar-refractivity contribution in [2.75, 3.05) is 27.2 Å². The van der Waals surface area contributed by atoms with Crippen molar-refractivity contribution in [3.63, 3.8) is 0 Å². The maximum atomic E-state index is 12.4. The Balaban J connectivity index is 2.10. The molecule has 1 heterocycles. The van der Waals surface area contributed by atoms with Crippen molar-refractivity contribution in [2.24, 2.45) is 7.05 Å². The van der Waals surface area contributed by atoms with E-state index in [0.29, 0.717) is 12.3 Å². The molecule has 0 aliphatic carbocycles. The van der Waals surface area contributed by atoms with Crippen LogP contribution in [0.1, 0.15) is 28.0 Å². The zero-order valence-corrected chi connectivity index (χ0v) is 16.2. The zero-order valence-electron chi connectivity index (χ0n) is 16.2. The summed E-state index contributed by atoms with van der Waals surface area (Å²) in [6.07, 6.45) is 3.81. The second kappa shape index (κ2) is 9.19. The van der Waals surface area contributed by atoms with Crippen LogP contribution in [0.2, 0.25) is 0 Å². The van der Waals surface area contributed by atoms with Crippen LogP contribution in [0.5, 0.6) is 11.5 Å². The van der Waals surface area contributed by atoms with E-state index in [4.69, 9.17) is 4.74 Å². The molecule has 6 heteroatoms. The Morgan fingerprint density at radius 3 is 2.74 bits per heavy atom. The molecular weight excluding hydrogens is 344 g/mol. The number of aromatic hydroxyl groups is 1. The molecule has 0 fully saturated rings. The van der Waals surface area contributed by atoms with E-state index in [2.05, 4.69) is 4.90 Å². The SMILES string of the molecule is Cc1cc(O)c(C(=O)/C=C/c2cccc(OCCCN(C)C)c2)c(=O)n1C. The Morgan fingerprint density at radius 2 is 2.04 bits per heavy atom. The molecule has 0 aliphatic rings. The topological polar surface area (TPSA) is 71.8 Å². The van der Waals surface area contributed by atoms with Crippen molar-refractivity contribution < 1.29 is 14.6 Å². The van der Waals surface area contributed by atoms with Gasteiger partial charge in [0.2, 0.25) is 0 Å². The average Bonchev–Trinajstić information content (AvgIpc) is 2.62. The van der Waals surface area contributed by atoms with Crippen LogP contribution >= 0.6 is 0 Å². The lowest BCUT2D eigenvalue weighted by Gasteiger charge is -2.10. The maximum absolute atomic E-state index is 12.4. The van der Waals surface area contributed by atoms with Gasteiger partial charge in [0.05, 0.1) is 6.61 Å². The standard InChI is InChI=1S/C21H26N2O4/c1-15-13-19(25)20(21(26)23(15)4)18(24)10-9-16-7-5-8-17(14-16)27-12-6-11-22(2)3/h5,7-10,13-14,25H,6,11-12H2,1-4H3/b10-9+. The smallest absolute Gasteiger partial charge is 0.265 e. The molecule has 0 saturated heterocycles. The third kappa shape index (κ3) is 5.56. The van der Waals surface area contributed by atoms with Crippen LogP contribution in [-0.4, -0.2) is 47.6 Å². The van der Waals surface area contributed by atoms with Gasteiger partial charge in [-0.15, -0.1) is 0 Å². The fraction of sp³-hybridized carbons (Fsp3) is 0.333. The fourth-order valence-corrected chi connectivity index (χ4v) is 2.57. The van der Waals surface area contributed by atoms with Gasteiger partial charge in [0.25, 0.3) is 5.56 Å². The molecule has 0 spiro atoms. The van der Waals surface area contributed by atoms with E-state index < -0.39 is 11.3 Å². The number of nitrogens with zero attached hydrogens (tertiary/aromatic N) is 2. The zero-order chi connectivity index (χ0) is 20.0. The lowest BCUT2D eigenvalue weighted by Crippen LogP contribution is -2.25. The molecule has 144 valence electrons. The predicted molar refractivity (Wildman–Crippen MR) is 107 cm³/mol. The van der Waals surface area contributed by atoms with Crippen LogP contribution in [0.4, 0.5) is 0 Å². The predicted octanol–water partition coefficient (Wildman–Crippen LogP) is 2.63. The third-order valence-electron chi connectivity index (χ3n) is 4.20. The van der Waals surface area contributed by atoms with Gasteiger partial charge in [0, 0.05) is 25.4 Å². The van der Waals surface area contributed by atoms with Crippen molar-refractivity contribution in [3.8, 4) is 11.5 Å². The number of aryl methyl sites for hydroxylation is 1. The number of carbonyl (C=O) groups is 1. The highest BCUT2D eigenvalue weighted by Gasteiger charge is 2.16. The number of carbonyl (C=O) groups excluding carboxylic acids is 1. The quantitative estimate of drug-likeness (QED) is 0.439. The summed E-state index contributed by atoms with van der Waals surface area (Å²) < 4.78 is 7.05. The first-order valence-electron chi connectivity index (χ1n) is 8.79. The van der Waals surface area contributed by atoms with Crippen molar-refractivity contribution in [1.82, 2.24) is 9.47 Å². The molecule has 2 rings (SSSR count). The monoisotopic (exact) mass is 370 g/mol. The fourth-order valence-electron chi connectivity index (χ4n) is 2.57.